The van der Waals surface area contributed by atoms with Gasteiger partial charge in [0.1, 0.15) is 6.54 Å². The Bertz CT molecular complexity index is 268. The van der Waals surface area contributed by atoms with Gasteiger partial charge in [0, 0.05) is 12.4 Å². The van der Waals surface area contributed by atoms with Gasteiger partial charge in [-0.05, 0) is 0 Å². The van der Waals surface area contributed by atoms with E-state index in [1.807, 2.05) is 0 Å². The maximum atomic E-state index is 10.0. The third kappa shape index (κ3) is 10.5. The summed E-state index contributed by atoms with van der Waals surface area (Å²) < 4.78 is 40.5. The number of carboxylic acids is 1. The number of carbonyl (C=O) groups is 1. The van der Waals surface area contributed by atoms with Crippen molar-refractivity contribution >= 4 is 13.2 Å². The van der Waals surface area contributed by atoms with Crippen LogP contribution in [-0.2, 0) is 11.3 Å². The highest BCUT2D eigenvalue weighted by Gasteiger charge is 2.20. The summed E-state index contributed by atoms with van der Waals surface area (Å²) in [5, 5.41) is 8.24. The van der Waals surface area contributed by atoms with E-state index in [4.69, 9.17) is 5.11 Å². The number of imidazole rings is 1. The van der Waals surface area contributed by atoms with Crippen LogP contribution in [0.5, 0.6) is 0 Å². The normalized spacial score (nSPS) is 10.3. The summed E-state index contributed by atoms with van der Waals surface area (Å²) in [5.41, 5.74) is 0. The first-order chi connectivity index (χ1) is 6.29. The fourth-order valence-corrected chi connectivity index (χ4v) is 0.536. The van der Waals surface area contributed by atoms with Crippen LogP contribution in [0.3, 0.4) is 0 Å². The lowest BCUT2D eigenvalue weighted by atomic mass is 10.3. The zero-order chi connectivity index (χ0) is 11.2. The number of nitrogens with zero attached hydrogens (tertiary/aromatic N) is 2. The Kier molecular flexibility index (Phi) is 4.67. The molecule has 0 bridgehead atoms. The summed E-state index contributed by atoms with van der Waals surface area (Å²) in [6.07, 6.45) is 4.62. The highest BCUT2D eigenvalue weighted by molar-refractivity contribution is 6.50. The van der Waals surface area contributed by atoms with E-state index in [-0.39, 0.29) is 6.54 Å². The molecule has 0 saturated heterocycles. The molecule has 0 aliphatic rings. The highest BCUT2D eigenvalue weighted by atomic mass is 19.5. The number of aliphatic carboxylic acids is 1. The number of hydrogen-bond donors (Lipinski definition) is 1. The van der Waals surface area contributed by atoms with Crippen LogP contribution >= 0.6 is 0 Å². The Labute approximate surface area is 76.3 Å². The molecule has 0 radical (unpaired) electrons. The minimum Gasteiger partial charge on any atom is -0.480 e. The maximum absolute atomic E-state index is 10.0. The molecule has 0 aliphatic heterocycles. The second kappa shape index (κ2) is 5.25. The van der Waals surface area contributed by atoms with Gasteiger partial charge in [-0.15, -0.1) is 0 Å². The highest BCUT2D eigenvalue weighted by Crippen LogP contribution is 2.06. The first kappa shape index (κ1) is 12.5. The molecule has 1 heterocycles. The summed E-state index contributed by atoms with van der Waals surface area (Å²) >= 11 is 0. The monoisotopic (exact) mass is 213 g/mol. The fraction of sp³-hybridized carbons (Fsp3) is 0.200. The standard InChI is InChI=1S/C5H6N2O2.BF4/c8-5(9)3-7-2-1-6-4-7;2-1(3,4)5/h1-2,4H,3H2,(H,8,9);/q;-1. The summed E-state index contributed by atoms with van der Waals surface area (Å²) in [6.45, 7) is -0.0139. The second-order valence-electron chi connectivity index (χ2n) is 2.12. The molecule has 0 spiro atoms. The Hall–Kier alpha value is -1.54. The Morgan fingerprint density at radius 3 is 2.21 bits per heavy atom. The average Bonchev–Trinajstić information content (AvgIpc) is 2.33. The molecule has 1 rings (SSSR count). The number of carboxylic acid groups (broad SMARTS) is 1. The molecule has 0 aliphatic carbocycles. The molecule has 1 N–H and O–H groups in total. The van der Waals surface area contributed by atoms with Crippen molar-refractivity contribution in [1.29, 1.82) is 0 Å². The lowest BCUT2D eigenvalue weighted by Gasteiger charge is -1.94. The van der Waals surface area contributed by atoms with E-state index >= 15 is 0 Å². The van der Waals surface area contributed by atoms with Gasteiger partial charge in [-0.25, -0.2) is 4.98 Å². The fourth-order valence-electron chi connectivity index (χ4n) is 0.536. The minimum atomic E-state index is -6.00. The number of halogens is 4. The molecule has 14 heavy (non-hydrogen) atoms. The lowest BCUT2D eigenvalue weighted by Crippen LogP contribution is -2.05. The molecule has 0 fully saturated rings. The quantitative estimate of drug-likeness (QED) is 0.594. The predicted octanol–water partition coefficient (Wildman–Crippen LogP) is 1.27. The van der Waals surface area contributed by atoms with Gasteiger partial charge in [0.2, 0.25) is 0 Å². The average molecular weight is 213 g/mol. The van der Waals surface area contributed by atoms with E-state index < -0.39 is 13.2 Å². The van der Waals surface area contributed by atoms with Crippen LogP contribution in [0.4, 0.5) is 17.3 Å². The molecule has 1 aromatic heterocycles. The predicted molar refractivity (Wildman–Crippen MR) is 40.0 cm³/mol. The van der Waals surface area contributed by atoms with Crippen molar-refractivity contribution in [1.82, 2.24) is 9.55 Å². The van der Waals surface area contributed by atoms with Gasteiger partial charge in [-0.2, -0.15) is 0 Å². The zero-order valence-corrected chi connectivity index (χ0v) is 6.78. The Morgan fingerprint density at radius 2 is 1.93 bits per heavy atom. The van der Waals surface area contributed by atoms with E-state index in [9.17, 15) is 22.1 Å². The van der Waals surface area contributed by atoms with Gasteiger partial charge in [-0.3, -0.25) is 4.79 Å². The SMILES string of the molecule is F[B-](F)(F)F.O=C(O)Cn1ccnc1. The van der Waals surface area contributed by atoms with Crippen LogP contribution in [0.15, 0.2) is 18.7 Å². The first-order valence-electron chi connectivity index (χ1n) is 3.34. The molecule has 80 valence electrons. The van der Waals surface area contributed by atoms with Crippen LogP contribution in [0, 0.1) is 0 Å². The second-order valence-corrected chi connectivity index (χ2v) is 2.12. The van der Waals surface area contributed by atoms with Crippen LogP contribution in [-0.4, -0.2) is 27.9 Å². The van der Waals surface area contributed by atoms with Gasteiger partial charge in [0.05, 0.1) is 6.33 Å². The largest absolute Gasteiger partial charge is 0.673 e. The Balaban J connectivity index is 0.000000292. The van der Waals surface area contributed by atoms with Crippen molar-refractivity contribution in [2.75, 3.05) is 0 Å². The maximum Gasteiger partial charge on any atom is 0.673 e. The van der Waals surface area contributed by atoms with Crippen molar-refractivity contribution in [3.63, 3.8) is 0 Å². The lowest BCUT2D eigenvalue weighted by molar-refractivity contribution is -0.137. The van der Waals surface area contributed by atoms with E-state index in [1.165, 1.54) is 10.9 Å². The smallest absolute Gasteiger partial charge is 0.480 e. The van der Waals surface area contributed by atoms with Gasteiger partial charge >= 0.3 is 13.2 Å². The van der Waals surface area contributed by atoms with Crippen LogP contribution in [0.2, 0.25) is 0 Å². The molecule has 1 aromatic rings. The van der Waals surface area contributed by atoms with Gasteiger partial charge < -0.3 is 26.9 Å². The minimum absolute atomic E-state index is 0.0139. The van der Waals surface area contributed by atoms with E-state index in [0.29, 0.717) is 0 Å². The third-order valence-electron chi connectivity index (χ3n) is 0.877. The summed E-state index contributed by atoms with van der Waals surface area (Å²) in [6, 6.07) is 0. The number of aromatic nitrogens is 2. The first-order valence-corrected chi connectivity index (χ1v) is 3.34. The molecular formula is C5H6BF4N2O2-. The molecule has 0 unspecified atom stereocenters. The van der Waals surface area contributed by atoms with Gasteiger partial charge in [0.15, 0.2) is 0 Å². The summed E-state index contributed by atoms with van der Waals surface area (Å²) in [7, 11) is -6.00. The molecule has 0 amide bonds. The van der Waals surface area contributed by atoms with Crippen molar-refractivity contribution in [3.05, 3.63) is 18.7 Å². The zero-order valence-electron chi connectivity index (χ0n) is 6.78. The van der Waals surface area contributed by atoms with Crippen LogP contribution in [0.25, 0.3) is 0 Å². The van der Waals surface area contributed by atoms with Crippen molar-refractivity contribution < 1.29 is 27.2 Å². The number of hydrogen-bond acceptors (Lipinski definition) is 2. The van der Waals surface area contributed by atoms with E-state index in [0.717, 1.165) is 0 Å². The molecule has 0 atom stereocenters. The molecular weight excluding hydrogens is 207 g/mol. The summed E-state index contributed by atoms with van der Waals surface area (Å²) in [5.74, 6) is -0.854. The topological polar surface area (TPSA) is 55.1 Å². The van der Waals surface area contributed by atoms with Gasteiger partial charge in [-0.1, -0.05) is 0 Å². The van der Waals surface area contributed by atoms with Crippen LogP contribution in [0.1, 0.15) is 0 Å². The molecule has 4 nitrogen and oxygen atoms in total. The molecule has 0 aromatic carbocycles. The van der Waals surface area contributed by atoms with Gasteiger partial charge in [0.25, 0.3) is 0 Å². The van der Waals surface area contributed by atoms with Crippen LogP contribution < -0.4 is 0 Å². The van der Waals surface area contributed by atoms with E-state index in [1.54, 1.807) is 12.4 Å². The van der Waals surface area contributed by atoms with Crippen molar-refractivity contribution in [2.24, 2.45) is 0 Å². The van der Waals surface area contributed by atoms with Crippen molar-refractivity contribution in [3.8, 4) is 0 Å². The third-order valence-corrected chi connectivity index (χ3v) is 0.877. The Morgan fingerprint density at radius 1 is 1.43 bits per heavy atom. The molecule has 0 saturated carbocycles. The van der Waals surface area contributed by atoms with E-state index in [2.05, 4.69) is 4.98 Å². The van der Waals surface area contributed by atoms with Crippen molar-refractivity contribution in [2.45, 2.75) is 6.54 Å². The summed E-state index contributed by atoms with van der Waals surface area (Å²) in [4.78, 5) is 13.7. The number of rotatable bonds is 2. The molecule has 9 heteroatoms.